The summed E-state index contributed by atoms with van der Waals surface area (Å²) in [7, 11) is 0. The molecule has 2 aromatic rings. The van der Waals surface area contributed by atoms with Crippen molar-refractivity contribution in [3.05, 3.63) is 59.1 Å². The quantitative estimate of drug-likeness (QED) is 0.870. The van der Waals surface area contributed by atoms with Crippen LogP contribution in [0.5, 0.6) is 0 Å². The van der Waals surface area contributed by atoms with Gasteiger partial charge in [-0.05, 0) is 50.1 Å². The summed E-state index contributed by atoms with van der Waals surface area (Å²) < 4.78 is 0. The van der Waals surface area contributed by atoms with Crippen LogP contribution in [0.3, 0.4) is 0 Å². The molecule has 26 heavy (non-hydrogen) atoms. The molecule has 1 fully saturated rings. The molecule has 6 heteroatoms. The lowest BCUT2D eigenvalue weighted by atomic mass is 10.2. The molecule has 5 nitrogen and oxygen atoms in total. The van der Waals surface area contributed by atoms with Crippen molar-refractivity contribution in [1.82, 2.24) is 4.90 Å². The fourth-order valence-corrected chi connectivity index (χ4v) is 3.37. The van der Waals surface area contributed by atoms with Crippen LogP contribution in [0, 0.1) is 6.92 Å². The van der Waals surface area contributed by atoms with Gasteiger partial charge in [-0.3, -0.25) is 4.79 Å². The van der Waals surface area contributed by atoms with Gasteiger partial charge in [-0.25, -0.2) is 4.79 Å². The van der Waals surface area contributed by atoms with E-state index in [1.54, 1.807) is 21.9 Å². The largest absolute Gasteiger partial charge is 0.322 e. The number of benzene rings is 2. The van der Waals surface area contributed by atoms with Crippen molar-refractivity contribution >= 4 is 34.9 Å². The van der Waals surface area contributed by atoms with Gasteiger partial charge in [0.1, 0.15) is 6.04 Å². The van der Waals surface area contributed by atoms with Crippen molar-refractivity contribution in [2.24, 2.45) is 0 Å². The van der Waals surface area contributed by atoms with E-state index < -0.39 is 6.04 Å². The molecule has 0 bridgehead atoms. The Balaban J connectivity index is 1.73. The Kier molecular flexibility index (Phi) is 5.47. The molecule has 0 radical (unpaired) electrons. The Hall–Kier alpha value is -2.53. The molecule has 2 aromatic carbocycles. The summed E-state index contributed by atoms with van der Waals surface area (Å²) in [6.07, 6.45) is 0.615. The van der Waals surface area contributed by atoms with Crippen molar-refractivity contribution < 1.29 is 9.59 Å². The highest BCUT2D eigenvalue weighted by Crippen LogP contribution is 2.25. The number of rotatable bonds is 4. The summed E-state index contributed by atoms with van der Waals surface area (Å²) in [6, 6.07) is 14.2. The maximum atomic E-state index is 12.8. The maximum Gasteiger partial charge on any atom is 0.322 e. The minimum absolute atomic E-state index is 0.0462. The molecule has 1 N–H and O–H groups in total. The predicted molar refractivity (Wildman–Crippen MR) is 105 cm³/mol. The van der Waals surface area contributed by atoms with Crippen LogP contribution in [0.2, 0.25) is 5.02 Å². The van der Waals surface area contributed by atoms with E-state index >= 15 is 0 Å². The number of nitrogens with one attached hydrogen (secondary N) is 1. The summed E-state index contributed by atoms with van der Waals surface area (Å²) in [4.78, 5) is 28.9. The lowest BCUT2D eigenvalue weighted by molar-refractivity contribution is -0.120. The second-order valence-corrected chi connectivity index (χ2v) is 6.72. The van der Waals surface area contributed by atoms with E-state index in [9.17, 15) is 9.59 Å². The molecule has 0 unspecified atom stereocenters. The minimum atomic E-state index is -0.457. The first kappa shape index (κ1) is 18.3. The zero-order valence-corrected chi connectivity index (χ0v) is 15.7. The molecule has 0 aliphatic carbocycles. The lowest BCUT2D eigenvalue weighted by Crippen LogP contribution is -2.47. The number of aryl methyl sites for hydroxylation is 1. The second-order valence-electron chi connectivity index (χ2n) is 6.31. The first-order valence-corrected chi connectivity index (χ1v) is 9.09. The van der Waals surface area contributed by atoms with Crippen molar-refractivity contribution in [3.8, 4) is 0 Å². The Morgan fingerprint density at radius 1 is 1.27 bits per heavy atom. The maximum absolute atomic E-state index is 12.8. The Labute approximate surface area is 158 Å². The average molecular weight is 372 g/mol. The summed E-state index contributed by atoms with van der Waals surface area (Å²) in [5, 5.41) is 3.44. The van der Waals surface area contributed by atoms with Crippen molar-refractivity contribution in [3.63, 3.8) is 0 Å². The van der Waals surface area contributed by atoms with Gasteiger partial charge in [0.25, 0.3) is 0 Å². The second kappa shape index (κ2) is 7.79. The number of amides is 3. The number of hydrogen-bond donors (Lipinski definition) is 1. The lowest BCUT2D eigenvalue weighted by Gasteiger charge is -2.27. The fraction of sp³-hybridized carbons (Fsp3) is 0.300. The zero-order valence-electron chi connectivity index (χ0n) is 14.9. The Bertz CT molecular complexity index is 810. The van der Waals surface area contributed by atoms with Crippen LogP contribution in [-0.4, -0.2) is 36.0 Å². The zero-order chi connectivity index (χ0) is 18.7. The van der Waals surface area contributed by atoms with Gasteiger partial charge in [-0.1, -0.05) is 35.9 Å². The van der Waals surface area contributed by atoms with E-state index in [1.807, 2.05) is 50.2 Å². The molecule has 0 saturated carbocycles. The molecule has 1 aliphatic heterocycles. The number of carbonyl (C=O) groups is 2. The topological polar surface area (TPSA) is 52.7 Å². The number of carbonyl (C=O) groups excluding carboxylic acids is 2. The van der Waals surface area contributed by atoms with Crippen LogP contribution in [0.25, 0.3) is 0 Å². The highest BCUT2D eigenvalue weighted by atomic mass is 35.5. The third-order valence-corrected chi connectivity index (χ3v) is 5.05. The number of likely N-dealkylation sites (N-methyl/N-ethyl adjacent to an activating group) is 1. The number of nitrogens with zero attached hydrogens (tertiary/aromatic N) is 2. The van der Waals surface area contributed by atoms with Crippen LogP contribution < -0.4 is 10.2 Å². The monoisotopic (exact) mass is 371 g/mol. The molecular formula is C20H22ClN3O2. The van der Waals surface area contributed by atoms with Gasteiger partial charge in [0.15, 0.2) is 0 Å². The van der Waals surface area contributed by atoms with Crippen LogP contribution in [0.4, 0.5) is 16.2 Å². The van der Waals surface area contributed by atoms with Gasteiger partial charge in [0, 0.05) is 29.5 Å². The molecule has 0 spiro atoms. The first-order valence-electron chi connectivity index (χ1n) is 8.71. The molecule has 1 atom stereocenters. The van der Waals surface area contributed by atoms with Gasteiger partial charge in [0.2, 0.25) is 5.91 Å². The van der Waals surface area contributed by atoms with Crippen LogP contribution >= 0.6 is 11.6 Å². The number of halogens is 1. The predicted octanol–water partition coefficient (Wildman–Crippen LogP) is 4.31. The Morgan fingerprint density at radius 2 is 2.00 bits per heavy atom. The number of urea groups is 1. The van der Waals surface area contributed by atoms with Crippen molar-refractivity contribution in [1.29, 1.82) is 0 Å². The standard InChI is InChI=1S/C20H22ClN3O2/c1-3-23(20(26)22-15-10-9-14(2)17(21)13-15)18-11-12-24(19(18)25)16-7-5-4-6-8-16/h4-10,13,18H,3,11-12H2,1-2H3,(H,22,26)/t18-/m1/s1. The van der Waals surface area contributed by atoms with Gasteiger partial charge < -0.3 is 15.1 Å². The van der Waals surface area contributed by atoms with E-state index in [1.165, 1.54) is 0 Å². The highest BCUT2D eigenvalue weighted by molar-refractivity contribution is 6.31. The Morgan fingerprint density at radius 3 is 2.65 bits per heavy atom. The van der Waals surface area contributed by atoms with Gasteiger partial charge in [-0.2, -0.15) is 0 Å². The number of anilines is 2. The van der Waals surface area contributed by atoms with Gasteiger partial charge in [0.05, 0.1) is 0 Å². The molecule has 3 rings (SSSR count). The normalized spacial score (nSPS) is 16.7. The van der Waals surface area contributed by atoms with Crippen LogP contribution in [0.15, 0.2) is 48.5 Å². The third kappa shape index (κ3) is 3.68. The van der Waals surface area contributed by atoms with Crippen LogP contribution in [0.1, 0.15) is 18.9 Å². The van der Waals surface area contributed by atoms with E-state index in [2.05, 4.69) is 5.32 Å². The van der Waals surface area contributed by atoms with Crippen molar-refractivity contribution in [2.45, 2.75) is 26.3 Å². The molecule has 1 saturated heterocycles. The molecule has 3 amide bonds. The van der Waals surface area contributed by atoms with E-state index in [0.717, 1.165) is 11.3 Å². The van der Waals surface area contributed by atoms with Gasteiger partial charge in [-0.15, -0.1) is 0 Å². The SMILES string of the molecule is CCN(C(=O)Nc1ccc(C)c(Cl)c1)[C@@H]1CCN(c2ccccc2)C1=O. The summed E-state index contributed by atoms with van der Waals surface area (Å²) in [5.74, 6) is -0.0462. The van der Waals surface area contributed by atoms with E-state index in [4.69, 9.17) is 11.6 Å². The van der Waals surface area contributed by atoms with E-state index in [-0.39, 0.29) is 11.9 Å². The number of hydrogen-bond acceptors (Lipinski definition) is 2. The first-order chi connectivity index (χ1) is 12.5. The third-order valence-electron chi connectivity index (χ3n) is 4.65. The minimum Gasteiger partial charge on any atom is -0.313 e. The van der Waals surface area contributed by atoms with Crippen molar-refractivity contribution in [2.75, 3.05) is 23.3 Å². The van der Waals surface area contributed by atoms with E-state index in [0.29, 0.717) is 30.2 Å². The molecule has 1 aliphatic rings. The summed E-state index contributed by atoms with van der Waals surface area (Å²) in [5.41, 5.74) is 2.43. The smallest absolute Gasteiger partial charge is 0.313 e. The molecule has 0 aromatic heterocycles. The summed E-state index contributed by atoms with van der Waals surface area (Å²) >= 11 is 6.12. The molecule has 136 valence electrons. The van der Waals surface area contributed by atoms with Crippen LogP contribution in [-0.2, 0) is 4.79 Å². The molecular weight excluding hydrogens is 350 g/mol. The average Bonchev–Trinajstić information content (AvgIpc) is 3.01. The van der Waals surface area contributed by atoms with Gasteiger partial charge >= 0.3 is 6.03 Å². The number of para-hydroxylation sites is 1. The highest BCUT2D eigenvalue weighted by Gasteiger charge is 2.38. The fourth-order valence-electron chi connectivity index (χ4n) is 3.19. The summed E-state index contributed by atoms with van der Waals surface area (Å²) in [6.45, 7) is 4.83. The molecule has 1 heterocycles.